The average Bonchev–Trinajstić information content (AvgIpc) is 3.45. The van der Waals surface area contributed by atoms with Crippen molar-refractivity contribution in [2.24, 2.45) is 0 Å². The van der Waals surface area contributed by atoms with Gasteiger partial charge in [-0.1, -0.05) is 24.6 Å². The van der Waals surface area contributed by atoms with Gasteiger partial charge in [-0.05, 0) is 55.7 Å². The lowest BCUT2D eigenvalue weighted by molar-refractivity contribution is -0.132. The van der Waals surface area contributed by atoms with Gasteiger partial charge >= 0.3 is 0 Å². The van der Waals surface area contributed by atoms with Gasteiger partial charge in [0, 0.05) is 26.1 Å². The SMILES string of the molecule is O=C(NCCCCCc1nc2ccccc2n1CC(=O)N1CCCCC1)c1cccs1. The van der Waals surface area contributed by atoms with Gasteiger partial charge in [-0.15, -0.1) is 11.3 Å². The van der Waals surface area contributed by atoms with Crippen molar-refractivity contribution in [3.05, 3.63) is 52.5 Å². The van der Waals surface area contributed by atoms with E-state index < -0.39 is 0 Å². The van der Waals surface area contributed by atoms with Crippen molar-refractivity contribution in [1.82, 2.24) is 19.8 Å². The first-order valence-corrected chi connectivity index (χ1v) is 12.1. The van der Waals surface area contributed by atoms with Crippen molar-refractivity contribution in [3.8, 4) is 0 Å². The fourth-order valence-electron chi connectivity index (χ4n) is 4.15. The van der Waals surface area contributed by atoms with E-state index in [1.165, 1.54) is 17.8 Å². The second-order valence-electron chi connectivity index (χ2n) is 8.09. The molecule has 7 heteroatoms. The Bertz CT molecular complexity index is 1010. The number of likely N-dealkylation sites (tertiary alicyclic amines) is 1. The van der Waals surface area contributed by atoms with Gasteiger partial charge in [-0.25, -0.2) is 4.98 Å². The lowest BCUT2D eigenvalue weighted by Crippen LogP contribution is -2.38. The Hall–Kier alpha value is -2.67. The molecule has 0 spiro atoms. The number of hydrogen-bond acceptors (Lipinski definition) is 4. The maximum Gasteiger partial charge on any atom is 0.261 e. The van der Waals surface area contributed by atoms with Crippen LogP contribution in [-0.4, -0.2) is 45.9 Å². The van der Waals surface area contributed by atoms with Crippen LogP contribution in [-0.2, 0) is 17.8 Å². The number of imidazole rings is 1. The van der Waals surface area contributed by atoms with Crippen molar-refractivity contribution >= 4 is 34.2 Å². The van der Waals surface area contributed by atoms with Gasteiger partial charge in [-0.3, -0.25) is 9.59 Å². The van der Waals surface area contributed by atoms with E-state index >= 15 is 0 Å². The number of hydrogen-bond donors (Lipinski definition) is 1. The van der Waals surface area contributed by atoms with Gasteiger partial charge in [0.2, 0.25) is 5.91 Å². The van der Waals surface area contributed by atoms with Crippen molar-refractivity contribution in [1.29, 1.82) is 0 Å². The molecule has 0 saturated carbocycles. The molecular formula is C24H30N4O2S. The smallest absolute Gasteiger partial charge is 0.261 e. The molecule has 1 N–H and O–H groups in total. The summed E-state index contributed by atoms with van der Waals surface area (Å²) in [5.74, 6) is 1.18. The Morgan fingerprint density at radius 3 is 2.65 bits per heavy atom. The lowest BCUT2D eigenvalue weighted by atomic mass is 10.1. The first kappa shape index (κ1) is 21.6. The number of rotatable bonds is 9. The molecule has 3 aromatic rings. The second kappa shape index (κ2) is 10.6. The Labute approximate surface area is 187 Å². The molecule has 1 aromatic carbocycles. The maximum absolute atomic E-state index is 12.9. The number of piperidine rings is 1. The molecule has 31 heavy (non-hydrogen) atoms. The largest absolute Gasteiger partial charge is 0.351 e. The zero-order chi connectivity index (χ0) is 21.5. The number of unbranched alkanes of at least 4 members (excludes halogenated alkanes) is 2. The number of aromatic nitrogens is 2. The predicted octanol–water partition coefficient (Wildman–Crippen LogP) is 4.25. The number of nitrogens with one attached hydrogen (secondary N) is 1. The van der Waals surface area contributed by atoms with E-state index in [0.29, 0.717) is 13.1 Å². The summed E-state index contributed by atoms with van der Waals surface area (Å²) in [5, 5.41) is 4.89. The number of aryl methyl sites for hydroxylation is 1. The van der Waals surface area contributed by atoms with Crippen LogP contribution in [0.4, 0.5) is 0 Å². The number of carbonyl (C=O) groups is 2. The predicted molar refractivity (Wildman–Crippen MR) is 124 cm³/mol. The van der Waals surface area contributed by atoms with E-state index in [4.69, 9.17) is 4.98 Å². The van der Waals surface area contributed by atoms with E-state index in [1.807, 2.05) is 40.6 Å². The molecule has 0 aliphatic carbocycles. The monoisotopic (exact) mass is 438 g/mol. The van der Waals surface area contributed by atoms with Crippen LogP contribution in [0.2, 0.25) is 0 Å². The van der Waals surface area contributed by atoms with Crippen molar-refractivity contribution in [2.75, 3.05) is 19.6 Å². The third-order valence-corrected chi connectivity index (χ3v) is 6.71. The molecule has 164 valence electrons. The zero-order valence-electron chi connectivity index (χ0n) is 17.9. The van der Waals surface area contributed by atoms with Gasteiger partial charge < -0.3 is 14.8 Å². The van der Waals surface area contributed by atoms with Crippen LogP contribution >= 0.6 is 11.3 Å². The topological polar surface area (TPSA) is 67.2 Å². The van der Waals surface area contributed by atoms with E-state index in [9.17, 15) is 9.59 Å². The Balaban J connectivity index is 1.31. The number of amides is 2. The molecule has 0 bridgehead atoms. The fraction of sp³-hybridized carbons (Fsp3) is 0.458. The third-order valence-electron chi connectivity index (χ3n) is 5.84. The van der Waals surface area contributed by atoms with Crippen molar-refractivity contribution in [3.63, 3.8) is 0 Å². The number of benzene rings is 1. The summed E-state index contributed by atoms with van der Waals surface area (Å²) < 4.78 is 2.10. The fourth-order valence-corrected chi connectivity index (χ4v) is 4.79. The van der Waals surface area contributed by atoms with Crippen LogP contribution in [0.15, 0.2) is 41.8 Å². The molecule has 3 heterocycles. The van der Waals surface area contributed by atoms with Crippen LogP contribution in [0.3, 0.4) is 0 Å². The summed E-state index contributed by atoms with van der Waals surface area (Å²) >= 11 is 1.46. The van der Waals surface area contributed by atoms with Gasteiger partial charge in [0.25, 0.3) is 5.91 Å². The van der Waals surface area contributed by atoms with Gasteiger partial charge in [0.05, 0.1) is 15.9 Å². The normalized spacial score (nSPS) is 14.1. The Kier molecular flexibility index (Phi) is 7.35. The van der Waals surface area contributed by atoms with Gasteiger partial charge in [0.15, 0.2) is 0 Å². The van der Waals surface area contributed by atoms with Crippen LogP contribution in [0, 0.1) is 0 Å². The first-order valence-electron chi connectivity index (χ1n) is 11.3. The highest BCUT2D eigenvalue weighted by Gasteiger charge is 2.19. The number of para-hydroxylation sites is 2. The number of fused-ring (bicyclic) bond motifs is 1. The summed E-state index contributed by atoms with van der Waals surface area (Å²) in [6.07, 6.45) is 7.18. The molecule has 4 rings (SSSR count). The standard InChI is InChI=1S/C24H30N4O2S/c29-23(27-15-7-2-8-16-27)18-28-20-11-5-4-10-19(20)26-22(28)13-3-1-6-14-25-24(30)21-12-9-17-31-21/h4-5,9-12,17H,1-3,6-8,13-16,18H2,(H,25,30). The Morgan fingerprint density at radius 1 is 1.00 bits per heavy atom. The quantitative estimate of drug-likeness (QED) is 0.508. The van der Waals surface area contributed by atoms with Crippen LogP contribution in [0.1, 0.15) is 54.0 Å². The van der Waals surface area contributed by atoms with Crippen molar-refractivity contribution < 1.29 is 9.59 Å². The highest BCUT2D eigenvalue weighted by molar-refractivity contribution is 7.12. The molecule has 0 radical (unpaired) electrons. The van der Waals surface area contributed by atoms with E-state index in [0.717, 1.165) is 73.3 Å². The Morgan fingerprint density at radius 2 is 1.84 bits per heavy atom. The molecule has 2 amide bonds. The number of carbonyl (C=O) groups excluding carboxylic acids is 2. The molecule has 1 aliphatic heterocycles. The van der Waals surface area contributed by atoms with Crippen LogP contribution < -0.4 is 5.32 Å². The molecule has 1 saturated heterocycles. The highest BCUT2D eigenvalue weighted by Crippen LogP contribution is 2.19. The first-order chi connectivity index (χ1) is 15.2. The van der Waals surface area contributed by atoms with Crippen LogP contribution in [0.5, 0.6) is 0 Å². The van der Waals surface area contributed by atoms with E-state index in [-0.39, 0.29) is 11.8 Å². The molecule has 1 fully saturated rings. The summed E-state index contributed by atoms with van der Waals surface area (Å²) in [7, 11) is 0. The van der Waals surface area contributed by atoms with Gasteiger partial charge in [-0.2, -0.15) is 0 Å². The van der Waals surface area contributed by atoms with Crippen molar-refractivity contribution in [2.45, 2.75) is 51.5 Å². The maximum atomic E-state index is 12.9. The minimum atomic E-state index is 0.00742. The minimum Gasteiger partial charge on any atom is -0.351 e. The molecule has 1 aliphatic rings. The molecule has 0 atom stereocenters. The summed E-state index contributed by atoms with van der Waals surface area (Å²) in [5.41, 5.74) is 1.98. The number of thiophene rings is 1. The lowest BCUT2D eigenvalue weighted by Gasteiger charge is -2.27. The third kappa shape index (κ3) is 5.53. The zero-order valence-corrected chi connectivity index (χ0v) is 18.7. The second-order valence-corrected chi connectivity index (χ2v) is 9.04. The summed E-state index contributed by atoms with van der Waals surface area (Å²) in [6.45, 7) is 2.79. The molecule has 6 nitrogen and oxygen atoms in total. The van der Waals surface area contributed by atoms with E-state index in [2.05, 4.69) is 16.0 Å². The minimum absolute atomic E-state index is 0.00742. The molecular weight excluding hydrogens is 408 g/mol. The summed E-state index contributed by atoms with van der Waals surface area (Å²) in [6, 6.07) is 11.8. The summed E-state index contributed by atoms with van der Waals surface area (Å²) in [4.78, 5) is 32.4. The highest BCUT2D eigenvalue weighted by atomic mass is 32.1. The number of nitrogens with zero attached hydrogens (tertiary/aromatic N) is 3. The van der Waals surface area contributed by atoms with E-state index in [1.54, 1.807) is 0 Å². The molecule has 2 aromatic heterocycles. The van der Waals surface area contributed by atoms with Gasteiger partial charge in [0.1, 0.15) is 12.4 Å². The van der Waals surface area contributed by atoms with Crippen LogP contribution in [0.25, 0.3) is 11.0 Å². The average molecular weight is 439 g/mol. The molecule has 0 unspecified atom stereocenters.